The van der Waals surface area contributed by atoms with Gasteiger partial charge >= 0.3 is 0 Å². The second-order valence-corrected chi connectivity index (χ2v) is 1.83. The van der Waals surface area contributed by atoms with Crippen molar-refractivity contribution in [2.24, 2.45) is 5.84 Å². The lowest BCUT2D eigenvalue weighted by molar-refractivity contribution is -0.128. The van der Waals surface area contributed by atoms with Crippen LogP contribution in [0.15, 0.2) is 0 Å². The number of nitrogens with one attached hydrogen (secondary N) is 1. The van der Waals surface area contributed by atoms with Crippen molar-refractivity contribution in [3.63, 3.8) is 0 Å². The minimum absolute atomic E-state index is 0.0127. The second kappa shape index (κ2) is 2.11. The van der Waals surface area contributed by atoms with Gasteiger partial charge in [0.1, 0.15) is 0 Å². The molecule has 0 aromatic carbocycles. The first kappa shape index (κ1) is 5.53. The molecular formula is C4H9N3O. The van der Waals surface area contributed by atoms with Crippen LogP contribution < -0.4 is 11.3 Å². The fraction of sp³-hybridized carbons (Fsp3) is 0.750. The molecule has 4 nitrogen and oxygen atoms in total. The molecule has 1 fully saturated rings. The molecule has 1 rings (SSSR count). The average molecular weight is 115 g/mol. The number of amides is 1. The minimum Gasteiger partial charge on any atom is -0.276 e. The summed E-state index contributed by atoms with van der Waals surface area (Å²) in [6.07, 6.45) is 1.47. The van der Waals surface area contributed by atoms with Gasteiger partial charge in [-0.05, 0) is 6.42 Å². The van der Waals surface area contributed by atoms with Crippen molar-refractivity contribution in [3.8, 4) is 0 Å². The molecule has 0 radical (unpaired) electrons. The molecule has 1 saturated heterocycles. The molecule has 1 aliphatic heterocycles. The van der Waals surface area contributed by atoms with Crippen LogP contribution in [0.25, 0.3) is 0 Å². The summed E-state index contributed by atoms with van der Waals surface area (Å²) in [5.74, 6) is 5.24. The molecule has 46 valence electrons. The Hall–Kier alpha value is -0.610. The van der Waals surface area contributed by atoms with Crippen molar-refractivity contribution >= 4 is 5.91 Å². The number of hydrazine groups is 2. The van der Waals surface area contributed by atoms with Crippen LogP contribution in [0.3, 0.4) is 0 Å². The Morgan fingerprint density at radius 3 is 2.88 bits per heavy atom. The fourth-order valence-corrected chi connectivity index (χ4v) is 0.682. The maximum atomic E-state index is 10.4. The van der Waals surface area contributed by atoms with Crippen LogP contribution in [-0.2, 0) is 4.79 Å². The molecule has 1 amide bonds. The second-order valence-electron chi connectivity index (χ2n) is 1.83. The van der Waals surface area contributed by atoms with Gasteiger partial charge in [-0.15, -0.1) is 0 Å². The molecule has 0 aromatic heterocycles. The number of rotatable bonds is 0. The maximum absolute atomic E-state index is 10.4. The molecule has 0 saturated carbocycles. The highest BCUT2D eigenvalue weighted by Gasteiger charge is 2.10. The van der Waals surface area contributed by atoms with Gasteiger partial charge in [0.25, 0.3) is 0 Å². The number of nitrogens with two attached hydrogens (primary N) is 1. The molecule has 1 heterocycles. The van der Waals surface area contributed by atoms with Gasteiger partial charge in [-0.2, -0.15) is 5.12 Å². The summed E-state index contributed by atoms with van der Waals surface area (Å²) < 4.78 is 0. The van der Waals surface area contributed by atoms with Gasteiger partial charge in [0.05, 0.1) is 0 Å². The molecule has 0 bridgehead atoms. The first-order valence-corrected chi connectivity index (χ1v) is 2.61. The smallest absolute Gasteiger partial charge is 0.235 e. The molecule has 8 heavy (non-hydrogen) atoms. The summed E-state index contributed by atoms with van der Waals surface area (Å²) >= 11 is 0. The first-order chi connectivity index (χ1) is 3.79. The van der Waals surface area contributed by atoms with E-state index in [-0.39, 0.29) is 5.91 Å². The highest BCUT2D eigenvalue weighted by Crippen LogP contribution is 1.94. The zero-order chi connectivity index (χ0) is 5.98. The van der Waals surface area contributed by atoms with Crippen molar-refractivity contribution < 1.29 is 4.79 Å². The van der Waals surface area contributed by atoms with Gasteiger partial charge in [0, 0.05) is 13.0 Å². The van der Waals surface area contributed by atoms with E-state index in [0.717, 1.165) is 13.0 Å². The topological polar surface area (TPSA) is 58.4 Å². The molecule has 0 aromatic rings. The van der Waals surface area contributed by atoms with E-state index in [1.807, 2.05) is 0 Å². The van der Waals surface area contributed by atoms with Gasteiger partial charge in [-0.1, -0.05) is 0 Å². The van der Waals surface area contributed by atoms with Crippen molar-refractivity contribution in [1.29, 1.82) is 0 Å². The molecule has 3 N–H and O–H groups in total. The lowest BCUT2D eigenvalue weighted by atomic mass is 10.3. The number of carbonyl (C=O) groups excluding carboxylic acids is 1. The highest BCUT2D eigenvalue weighted by molar-refractivity contribution is 5.75. The zero-order valence-electron chi connectivity index (χ0n) is 4.55. The van der Waals surface area contributed by atoms with Crippen LogP contribution in [0.1, 0.15) is 12.8 Å². The maximum Gasteiger partial charge on any atom is 0.235 e. The van der Waals surface area contributed by atoms with Crippen LogP contribution in [-0.4, -0.2) is 17.6 Å². The largest absolute Gasteiger partial charge is 0.276 e. The summed E-state index contributed by atoms with van der Waals surface area (Å²) in [6, 6.07) is 0. The molecule has 0 unspecified atom stereocenters. The van der Waals surface area contributed by atoms with E-state index in [0.29, 0.717) is 6.42 Å². The molecule has 0 atom stereocenters. The summed E-state index contributed by atoms with van der Waals surface area (Å²) in [7, 11) is 0. The third-order valence-electron chi connectivity index (χ3n) is 1.07. The normalized spacial score (nSPS) is 22.9. The minimum atomic E-state index is 0.0127. The lowest BCUT2D eigenvalue weighted by Gasteiger charge is -2.21. The van der Waals surface area contributed by atoms with Crippen molar-refractivity contribution in [3.05, 3.63) is 0 Å². The van der Waals surface area contributed by atoms with E-state index in [1.165, 1.54) is 5.12 Å². The zero-order valence-corrected chi connectivity index (χ0v) is 4.55. The van der Waals surface area contributed by atoms with Crippen LogP contribution in [0.4, 0.5) is 0 Å². The van der Waals surface area contributed by atoms with E-state index in [4.69, 9.17) is 5.84 Å². The Morgan fingerprint density at radius 1 is 1.75 bits per heavy atom. The van der Waals surface area contributed by atoms with Crippen LogP contribution >= 0.6 is 0 Å². The molecule has 0 spiro atoms. The number of carbonyl (C=O) groups is 1. The Morgan fingerprint density at radius 2 is 2.50 bits per heavy atom. The lowest BCUT2D eigenvalue weighted by Crippen LogP contribution is -2.50. The van der Waals surface area contributed by atoms with E-state index < -0.39 is 0 Å². The Balaban J connectivity index is 2.34. The fourth-order valence-electron chi connectivity index (χ4n) is 0.682. The summed E-state index contributed by atoms with van der Waals surface area (Å²) in [5.41, 5.74) is 2.45. The van der Waals surface area contributed by atoms with E-state index >= 15 is 0 Å². The Bertz CT molecular complexity index is 103. The predicted octanol–water partition coefficient (Wildman–Crippen LogP) is -1.01. The van der Waals surface area contributed by atoms with Gasteiger partial charge in [-0.25, -0.2) is 0 Å². The van der Waals surface area contributed by atoms with Gasteiger partial charge in [0.15, 0.2) is 0 Å². The van der Waals surface area contributed by atoms with Crippen LogP contribution in [0.2, 0.25) is 0 Å². The van der Waals surface area contributed by atoms with E-state index in [2.05, 4.69) is 5.43 Å². The molecule has 0 aliphatic carbocycles. The van der Waals surface area contributed by atoms with Gasteiger partial charge in [0.2, 0.25) is 5.91 Å². The van der Waals surface area contributed by atoms with Crippen molar-refractivity contribution in [1.82, 2.24) is 10.5 Å². The third kappa shape index (κ3) is 1.18. The average Bonchev–Trinajstić information content (AvgIpc) is 1.64. The highest BCUT2D eigenvalue weighted by atomic mass is 16.2. The van der Waals surface area contributed by atoms with E-state index in [9.17, 15) is 4.79 Å². The SMILES string of the molecule is NN1CCCC(=O)N1. The number of hydrogen-bond donors (Lipinski definition) is 2. The number of hydrogen-bond acceptors (Lipinski definition) is 3. The summed E-state index contributed by atoms with van der Waals surface area (Å²) in [5, 5.41) is 1.31. The quantitative estimate of drug-likeness (QED) is 0.397. The van der Waals surface area contributed by atoms with Crippen molar-refractivity contribution in [2.45, 2.75) is 12.8 Å². The predicted molar refractivity (Wildman–Crippen MR) is 28.3 cm³/mol. The van der Waals surface area contributed by atoms with Gasteiger partial charge < -0.3 is 0 Å². The van der Waals surface area contributed by atoms with Crippen LogP contribution in [0.5, 0.6) is 0 Å². The molecular weight excluding hydrogens is 106 g/mol. The summed E-state index contributed by atoms with van der Waals surface area (Å²) in [6.45, 7) is 0.756. The van der Waals surface area contributed by atoms with E-state index in [1.54, 1.807) is 0 Å². The number of nitrogens with zero attached hydrogens (tertiary/aromatic N) is 1. The third-order valence-corrected chi connectivity index (χ3v) is 1.07. The standard InChI is InChI=1S/C4H9N3O/c5-7-3-1-2-4(8)6-7/h1-3,5H2,(H,6,8). The summed E-state index contributed by atoms with van der Waals surface area (Å²) in [4.78, 5) is 10.4. The Kier molecular flexibility index (Phi) is 1.45. The van der Waals surface area contributed by atoms with Crippen LogP contribution in [0, 0.1) is 0 Å². The Labute approximate surface area is 47.6 Å². The molecule has 4 heteroatoms. The van der Waals surface area contributed by atoms with Crippen molar-refractivity contribution in [2.75, 3.05) is 6.54 Å². The van der Waals surface area contributed by atoms with Gasteiger partial charge in [-0.3, -0.25) is 16.1 Å². The molecule has 1 aliphatic rings. The monoisotopic (exact) mass is 115 g/mol. The first-order valence-electron chi connectivity index (χ1n) is 2.61.